The molecule has 0 spiro atoms. The van der Waals surface area contributed by atoms with Crippen LogP contribution in [0.4, 0.5) is 0 Å². The molecule has 0 saturated heterocycles. The predicted molar refractivity (Wildman–Crippen MR) is 72.4 cm³/mol. The molecule has 0 aliphatic carbocycles. The van der Waals surface area contributed by atoms with Crippen molar-refractivity contribution in [3.63, 3.8) is 0 Å². The monoisotopic (exact) mass is 299 g/mol. The number of hydrogen-bond donors (Lipinski definition) is 2. The molecule has 0 fully saturated rings. The summed E-state index contributed by atoms with van der Waals surface area (Å²) in [5.74, 6) is -1.40. The van der Waals surface area contributed by atoms with Crippen LogP contribution in [0.25, 0.3) is 10.2 Å². The van der Waals surface area contributed by atoms with Crippen LogP contribution in [0.1, 0.15) is 5.01 Å². The van der Waals surface area contributed by atoms with Gasteiger partial charge in [0.25, 0.3) is 5.91 Å². The maximum absolute atomic E-state index is 11.7. The minimum Gasteiger partial charge on any atom is -0.480 e. The number of carboxylic acids is 1. The number of nitrogens with zero attached hydrogens (tertiary/aromatic N) is 1. The molecule has 1 heterocycles. The van der Waals surface area contributed by atoms with Crippen molar-refractivity contribution in [1.82, 2.24) is 5.32 Å². The molecule has 1 amide bonds. The molecule has 0 saturated carbocycles. The van der Waals surface area contributed by atoms with E-state index in [0.29, 0.717) is 5.02 Å². The zero-order valence-corrected chi connectivity index (χ0v) is 11.7. The fourth-order valence-corrected chi connectivity index (χ4v) is 2.91. The fraction of sp³-hybridized carbons (Fsp3) is 0.250. The molecule has 0 bridgehead atoms. The van der Waals surface area contributed by atoms with Crippen molar-refractivity contribution in [3.05, 3.63) is 28.2 Å². The lowest BCUT2D eigenvalue weighted by Gasteiger charge is -1.99. The lowest BCUT2D eigenvalue weighted by Crippen LogP contribution is -2.44. The average molecular weight is 300 g/mol. The fourth-order valence-electron chi connectivity index (χ4n) is 1.74. The number of fused-ring (bicyclic) bond motifs is 1. The van der Waals surface area contributed by atoms with Gasteiger partial charge in [0.2, 0.25) is 17.1 Å². The van der Waals surface area contributed by atoms with Crippen LogP contribution >= 0.6 is 22.9 Å². The number of aryl methyl sites for hydroxylation is 1. The minimum absolute atomic E-state index is 0.0828. The first-order valence-electron chi connectivity index (χ1n) is 5.54. The van der Waals surface area contributed by atoms with Gasteiger partial charge >= 0.3 is 5.97 Å². The number of rotatable bonds is 4. The van der Waals surface area contributed by atoms with Crippen LogP contribution in [-0.4, -0.2) is 23.5 Å². The van der Waals surface area contributed by atoms with Gasteiger partial charge in [0, 0.05) is 18.0 Å². The molecule has 0 atom stereocenters. The maximum Gasteiger partial charge on any atom is 0.322 e. The topological polar surface area (TPSA) is 70.3 Å². The third-order valence-corrected chi connectivity index (χ3v) is 3.90. The van der Waals surface area contributed by atoms with Gasteiger partial charge in [-0.05, 0) is 12.1 Å². The third kappa shape index (κ3) is 3.21. The smallest absolute Gasteiger partial charge is 0.322 e. The third-order valence-electron chi connectivity index (χ3n) is 2.59. The lowest BCUT2D eigenvalue weighted by molar-refractivity contribution is -0.660. The van der Waals surface area contributed by atoms with Crippen LogP contribution in [0.2, 0.25) is 5.02 Å². The Kier molecular flexibility index (Phi) is 4.01. The van der Waals surface area contributed by atoms with Crippen LogP contribution in [0, 0.1) is 6.92 Å². The summed E-state index contributed by atoms with van der Waals surface area (Å²) in [5, 5.41) is 12.4. The Hall–Kier alpha value is -1.66. The van der Waals surface area contributed by atoms with Crippen LogP contribution in [-0.2, 0) is 16.1 Å². The number of benzene rings is 1. The molecule has 19 heavy (non-hydrogen) atoms. The molecule has 2 aromatic rings. The van der Waals surface area contributed by atoms with Crippen molar-refractivity contribution in [2.45, 2.75) is 13.5 Å². The van der Waals surface area contributed by atoms with Gasteiger partial charge in [0.1, 0.15) is 11.2 Å². The Morgan fingerprint density at radius 3 is 2.89 bits per heavy atom. The van der Waals surface area contributed by atoms with Crippen LogP contribution in [0.15, 0.2) is 18.2 Å². The van der Waals surface area contributed by atoms with Gasteiger partial charge in [0.15, 0.2) is 0 Å². The van der Waals surface area contributed by atoms with Crippen molar-refractivity contribution >= 4 is 45.0 Å². The van der Waals surface area contributed by atoms with Crippen molar-refractivity contribution in [3.8, 4) is 0 Å². The molecule has 7 heteroatoms. The zero-order valence-electron chi connectivity index (χ0n) is 10.1. The number of hydrogen-bond acceptors (Lipinski definition) is 3. The summed E-state index contributed by atoms with van der Waals surface area (Å²) in [6.45, 7) is 1.61. The second-order valence-corrected chi connectivity index (χ2v) is 5.66. The Labute approximate surface area is 118 Å². The summed E-state index contributed by atoms with van der Waals surface area (Å²) in [6.07, 6.45) is 0. The molecule has 2 rings (SSSR count). The first-order chi connectivity index (χ1) is 8.97. The average Bonchev–Trinajstić information content (AvgIpc) is 2.63. The highest BCUT2D eigenvalue weighted by atomic mass is 35.5. The number of carbonyl (C=O) groups excluding carboxylic acids is 1. The predicted octanol–water partition coefficient (Wildman–Crippen LogP) is 1.35. The standard InChI is InChI=1S/C12H11ClN2O3S/c1-7-15(6-11(16)14-5-12(17)18)9-4-8(13)2-3-10(9)19-7/h2-4H,5-6H2,1H3,(H-,14,16,17,18)/p+1. The molecule has 100 valence electrons. The van der Waals surface area contributed by atoms with Gasteiger partial charge in [-0.25, -0.2) is 0 Å². The Balaban J connectivity index is 2.24. The van der Waals surface area contributed by atoms with E-state index in [1.807, 2.05) is 17.6 Å². The van der Waals surface area contributed by atoms with E-state index in [4.69, 9.17) is 16.7 Å². The highest BCUT2D eigenvalue weighted by molar-refractivity contribution is 7.18. The first kappa shape index (κ1) is 13.8. The summed E-state index contributed by atoms with van der Waals surface area (Å²) in [4.78, 5) is 22.1. The van der Waals surface area contributed by atoms with Gasteiger partial charge in [-0.3, -0.25) is 9.59 Å². The largest absolute Gasteiger partial charge is 0.480 e. The number of amides is 1. The van der Waals surface area contributed by atoms with E-state index in [2.05, 4.69) is 5.32 Å². The SMILES string of the molecule is Cc1sc2ccc(Cl)cc2[n+]1CC(=O)NCC(=O)O. The van der Waals surface area contributed by atoms with Gasteiger partial charge in [-0.2, -0.15) is 4.57 Å². The molecular formula is C12H12ClN2O3S+. The van der Waals surface area contributed by atoms with Gasteiger partial charge < -0.3 is 10.4 Å². The number of aliphatic carboxylic acids is 1. The summed E-state index contributed by atoms with van der Waals surface area (Å²) in [5.41, 5.74) is 0.875. The van der Waals surface area contributed by atoms with Crippen molar-refractivity contribution in [1.29, 1.82) is 0 Å². The number of halogens is 1. The van der Waals surface area contributed by atoms with Gasteiger partial charge in [-0.1, -0.05) is 22.9 Å². The Morgan fingerprint density at radius 1 is 1.47 bits per heavy atom. The Bertz CT molecular complexity index is 654. The summed E-state index contributed by atoms with van der Waals surface area (Å²) in [6, 6.07) is 5.50. The second-order valence-electron chi connectivity index (χ2n) is 3.99. The highest BCUT2D eigenvalue weighted by Crippen LogP contribution is 2.23. The number of nitrogens with one attached hydrogen (secondary N) is 1. The zero-order chi connectivity index (χ0) is 14.0. The summed E-state index contributed by atoms with van der Waals surface area (Å²) >= 11 is 7.51. The van der Waals surface area contributed by atoms with Crippen molar-refractivity contribution < 1.29 is 19.3 Å². The summed E-state index contributed by atoms with van der Waals surface area (Å²) in [7, 11) is 0. The highest BCUT2D eigenvalue weighted by Gasteiger charge is 2.20. The second kappa shape index (κ2) is 5.54. The van der Waals surface area contributed by atoms with Crippen LogP contribution < -0.4 is 9.88 Å². The van der Waals surface area contributed by atoms with Gasteiger partial charge in [0.05, 0.1) is 0 Å². The minimum atomic E-state index is -1.06. The van der Waals surface area contributed by atoms with E-state index < -0.39 is 5.97 Å². The number of carboxylic acid groups (broad SMARTS) is 1. The molecule has 0 aliphatic rings. The molecule has 0 unspecified atom stereocenters. The Morgan fingerprint density at radius 2 is 2.21 bits per heavy atom. The number of carbonyl (C=O) groups is 2. The molecule has 2 N–H and O–H groups in total. The van der Waals surface area contributed by atoms with Crippen molar-refractivity contribution in [2.24, 2.45) is 0 Å². The van der Waals surface area contributed by atoms with Gasteiger partial charge in [-0.15, -0.1) is 0 Å². The van der Waals surface area contributed by atoms with E-state index in [1.54, 1.807) is 23.5 Å². The molecule has 1 aromatic carbocycles. The quantitative estimate of drug-likeness (QED) is 0.837. The normalized spacial score (nSPS) is 10.6. The van der Waals surface area contributed by atoms with E-state index in [0.717, 1.165) is 15.2 Å². The van der Waals surface area contributed by atoms with E-state index in [1.165, 1.54) is 0 Å². The molecule has 5 nitrogen and oxygen atoms in total. The number of aromatic nitrogens is 1. The maximum atomic E-state index is 11.7. The first-order valence-corrected chi connectivity index (χ1v) is 6.74. The van der Waals surface area contributed by atoms with E-state index >= 15 is 0 Å². The molecule has 0 radical (unpaired) electrons. The van der Waals surface area contributed by atoms with E-state index in [9.17, 15) is 9.59 Å². The number of thiazole rings is 1. The lowest BCUT2D eigenvalue weighted by atomic mass is 10.3. The van der Waals surface area contributed by atoms with Crippen LogP contribution in [0.5, 0.6) is 0 Å². The molecule has 0 aliphatic heterocycles. The van der Waals surface area contributed by atoms with Crippen LogP contribution in [0.3, 0.4) is 0 Å². The van der Waals surface area contributed by atoms with Crippen molar-refractivity contribution in [2.75, 3.05) is 6.54 Å². The summed E-state index contributed by atoms with van der Waals surface area (Å²) < 4.78 is 2.86. The van der Waals surface area contributed by atoms with E-state index in [-0.39, 0.29) is 19.0 Å². The molecule has 1 aromatic heterocycles. The molecular weight excluding hydrogens is 288 g/mol.